The number of ether oxygens (including phenoxy) is 1. The minimum Gasteiger partial charge on any atom is -0.466 e. The van der Waals surface area contributed by atoms with Crippen molar-refractivity contribution in [3.05, 3.63) is 12.2 Å². The Morgan fingerprint density at radius 3 is 2.82 bits per heavy atom. The molecule has 0 saturated carbocycles. The maximum absolute atomic E-state index is 10.5. The fraction of sp³-hybridized carbons (Fsp3) is 0.625. The van der Waals surface area contributed by atoms with Gasteiger partial charge in [-0.1, -0.05) is 6.08 Å². The molecule has 0 amide bonds. The van der Waals surface area contributed by atoms with Crippen molar-refractivity contribution in [1.29, 1.82) is 0 Å². The second-order valence-electron chi connectivity index (χ2n) is 2.11. The smallest absolute Gasteiger partial charge is 0.330 e. The summed E-state index contributed by atoms with van der Waals surface area (Å²) in [7, 11) is 1.37. The lowest BCUT2D eigenvalue weighted by Crippen LogP contribution is -1.93. The number of unbranched alkanes of at least 4 members (excludes halogenated alkanes) is 2. The Morgan fingerprint density at radius 1 is 1.55 bits per heavy atom. The van der Waals surface area contributed by atoms with E-state index < -0.39 is 0 Å². The summed E-state index contributed by atoms with van der Waals surface area (Å²) < 4.78 is 4.40. The van der Waals surface area contributed by atoms with Crippen LogP contribution in [0.15, 0.2) is 12.2 Å². The zero-order valence-corrected chi connectivity index (χ0v) is 7.43. The second kappa shape index (κ2) is 7.61. The van der Waals surface area contributed by atoms with Gasteiger partial charge in [-0.15, -0.1) is 11.6 Å². The van der Waals surface area contributed by atoms with Gasteiger partial charge in [0.15, 0.2) is 0 Å². The topological polar surface area (TPSA) is 26.3 Å². The number of hydrogen-bond acceptors (Lipinski definition) is 2. The van der Waals surface area contributed by atoms with Crippen molar-refractivity contribution in [3.8, 4) is 0 Å². The van der Waals surface area contributed by atoms with E-state index in [0.29, 0.717) is 5.88 Å². The van der Waals surface area contributed by atoms with E-state index in [1.54, 1.807) is 6.08 Å². The van der Waals surface area contributed by atoms with E-state index in [-0.39, 0.29) is 5.97 Å². The number of rotatable bonds is 5. The molecule has 0 heterocycles. The molecular formula is C8H13ClO2. The first kappa shape index (κ1) is 10.5. The SMILES string of the molecule is COC(=O)C=CCCCCCl. The average molecular weight is 177 g/mol. The molecule has 0 saturated heterocycles. The van der Waals surface area contributed by atoms with Crippen LogP contribution in [0.4, 0.5) is 0 Å². The van der Waals surface area contributed by atoms with Crippen molar-refractivity contribution in [2.75, 3.05) is 13.0 Å². The Balaban J connectivity index is 3.22. The fourth-order valence-electron chi connectivity index (χ4n) is 0.604. The summed E-state index contributed by atoms with van der Waals surface area (Å²) in [6, 6.07) is 0. The average Bonchev–Trinajstić information content (AvgIpc) is 2.04. The quantitative estimate of drug-likeness (QED) is 0.278. The van der Waals surface area contributed by atoms with E-state index in [1.165, 1.54) is 13.2 Å². The zero-order valence-electron chi connectivity index (χ0n) is 6.68. The van der Waals surface area contributed by atoms with Crippen molar-refractivity contribution in [2.24, 2.45) is 0 Å². The molecule has 2 nitrogen and oxygen atoms in total. The summed E-state index contributed by atoms with van der Waals surface area (Å²) in [5, 5.41) is 0. The number of esters is 1. The third kappa shape index (κ3) is 7.40. The van der Waals surface area contributed by atoms with Gasteiger partial charge in [0.05, 0.1) is 7.11 Å². The van der Waals surface area contributed by atoms with E-state index in [4.69, 9.17) is 11.6 Å². The number of carbonyl (C=O) groups is 1. The molecule has 3 heteroatoms. The third-order valence-corrected chi connectivity index (χ3v) is 1.48. The van der Waals surface area contributed by atoms with Crippen LogP contribution < -0.4 is 0 Å². The highest BCUT2D eigenvalue weighted by Gasteiger charge is 1.88. The van der Waals surface area contributed by atoms with Crippen molar-refractivity contribution in [3.63, 3.8) is 0 Å². The van der Waals surface area contributed by atoms with Crippen LogP contribution in [0.5, 0.6) is 0 Å². The molecule has 0 aliphatic rings. The van der Waals surface area contributed by atoms with Crippen LogP contribution in [0.1, 0.15) is 19.3 Å². The lowest BCUT2D eigenvalue weighted by Gasteiger charge is -1.91. The number of halogens is 1. The molecule has 0 aromatic rings. The van der Waals surface area contributed by atoms with Gasteiger partial charge in [-0.2, -0.15) is 0 Å². The number of hydrogen-bond donors (Lipinski definition) is 0. The van der Waals surface area contributed by atoms with E-state index in [9.17, 15) is 4.79 Å². The maximum Gasteiger partial charge on any atom is 0.330 e. The molecular weight excluding hydrogens is 164 g/mol. The Hall–Kier alpha value is -0.500. The summed E-state index contributed by atoms with van der Waals surface area (Å²) in [6.45, 7) is 0. The van der Waals surface area contributed by atoms with Gasteiger partial charge in [-0.05, 0) is 19.3 Å². The summed E-state index contributed by atoms with van der Waals surface area (Å²) in [5.74, 6) is 0.391. The highest BCUT2D eigenvalue weighted by Crippen LogP contribution is 1.97. The first-order valence-electron chi connectivity index (χ1n) is 3.61. The molecule has 0 fully saturated rings. The molecule has 0 N–H and O–H groups in total. The van der Waals surface area contributed by atoms with Gasteiger partial charge in [-0.25, -0.2) is 4.79 Å². The molecule has 0 unspecified atom stereocenters. The van der Waals surface area contributed by atoms with E-state index in [0.717, 1.165) is 19.3 Å². The number of methoxy groups -OCH3 is 1. The maximum atomic E-state index is 10.5. The lowest BCUT2D eigenvalue weighted by molar-refractivity contribution is -0.134. The first-order valence-corrected chi connectivity index (χ1v) is 4.15. The molecule has 0 atom stereocenters. The molecule has 0 rings (SSSR count). The summed E-state index contributed by atoms with van der Waals surface area (Å²) in [5.41, 5.74) is 0. The first-order chi connectivity index (χ1) is 5.31. The van der Waals surface area contributed by atoms with Crippen LogP contribution in [-0.4, -0.2) is 19.0 Å². The molecule has 0 aliphatic heterocycles. The van der Waals surface area contributed by atoms with Crippen molar-refractivity contribution < 1.29 is 9.53 Å². The van der Waals surface area contributed by atoms with Gasteiger partial charge in [0.1, 0.15) is 0 Å². The molecule has 0 aromatic heterocycles. The monoisotopic (exact) mass is 176 g/mol. The van der Waals surface area contributed by atoms with Crippen LogP contribution >= 0.6 is 11.6 Å². The molecule has 0 aliphatic carbocycles. The Bertz CT molecular complexity index is 132. The highest BCUT2D eigenvalue weighted by molar-refractivity contribution is 6.17. The highest BCUT2D eigenvalue weighted by atomic mass is 35.5. The Morgan fingerprint density at radius 2 is 2.27 bits per heavy atom. The normalized spacial score (nSPS) is 10.4. The number of carbonyl (C=O) groups excluding carboxylic acids is 1. The van der Waals surface area contributed by atoms with Crippen LogP contribution in [0.25, 0.3) is 0 Å². The summed E-state index contributed by atoms with van der Waals surface area (Å²) >= 11 is 5.45. The van der Waals surface area contributed by atoms with Gasteiger partial charge >= 0.3 is 5.97 Å². The van der Waals surface area contributed by atoms with Crippen LogP contribution in [-0.2, 0) is 9.53 Å². The molecule has 0 bridgehead atoms. The van der Waals surface area contributed by atoms with Gasteiger partial charge in [-0.3, -0.25) is 0 Å². The standard InChI is InChI=1S/C8H13ClO2/c1-11-8(10)6-4-2-3-5-7-9/h4,6H,2-3,5,7H2,1H3. The molecule has 11 heavy (non-hydrogen) atoms. The van der Waals surface area contributed by atoms with Gasteiger partial charge in [0, 0.05) is 12.0 Å². The van der Waals surface area contributed by atoms with E-state index in [1.807, 2.05) is 0 Å². The Kier molecular flexibility index (Phi) is 7.26. The minimum absolute atomic E-state index is 0.295. The zero-order chi connectivity index (χ0) is 8.53. The third-order valence-electron chi connectivity index (χ3n) is 1.21. The summed E-state index contributed by atoms with van der Waals surface area (Å²) in [4.78, 5) is 10.5. The van der Waals surface area contributed by atoms with Crippen molar-refractivity contribution in [2.45, 2.75) is 19.3 Å². The second-order valence-corrected chi connectivity index (χ2v) is 2.49. The van der Waals surface area contributed by atoms with Crippen molar-refractivity contribution in [1.82, 2.24) is 0 Å². The molecule has 0 radical (unpaired) electrons. The van der Waals surface area contributed by atoms with E-state index >= 15 is 0 Å². The van der Waals surface area contributed by atoms with Crippen LogP contribution in [0, 0.1) is 0 Å². The summed E-state index contributed by atoms with van der Waals surface area (Å²) in [6.07, 6.45) is 6.15. The largest absolute Gasteiger partial charge is 0.466 e. The van der Waals surface area contributed by atoms with Crippen LogP contribution in [0.2, 0.25) is 0 Å². The Labute approximate surface area is 72.2 Å². The van der Waals surface area contributed by atoms with Gasteiger partial charge in [0.25, 0.3) is 0 Å². The fourth-order valence-corrected chi connectivity index (χ4v) is 0.793. The van der Waals surface area contributed by atoms with Crippen molar-refractivity contribution >= 4 is 17.6 Å². The predicted octanol–water partition coefficient (Wildman–Crippen LogP) is 2.12. The van der Waals surface area contributed by atoms with Crippen LogP contribution in [0.3, 0.4) is 0 Å². The number of alkyl halides is 1. The molecule has 64 valence electrons. The van der Waals surface area contributed by atoms with Gasteiger partial charge < -0.3 is 4.74 Å². The predicted molar refractivity (Wildman–Crippen MR) is 45.7 cm³/mol. The molecule has 0 aromatic carbocycles. The number of allylic oxidation sites excluding steroid dienone is 1. The lowest BCUT2D eigenvalue weighted by atomic mass is 10.2. The minimum atomic E-state index is -0.295. The van der Waals surface area contributed by atoms with Gasteiger partial charge in [0.2, 0.25) is 0 Å². The molecule has 0 spiro atoms. The van der Waals surface area contributed by atoms with E-state index in [2.05, 4.69) is 4.74 Å².